The molecule has 0 heterocycles. The zero-order valence-corrected chi connectivity index (χ0v) is 11.5. The fraction of sp³-hybridized carbons (Fsp3) is 0.308. The summed E-state index contributed by atoms with van der Waals surface area (Å²) in [5.41, 5.74) is 4.53. The van der Waals surface area contributed by atoms with E-state index >= 15 is 0 Å². The van der Waals surface area contributed by atoms with Gasteiger partial charge < -0.3 is 21.5 Å². The highest BCUT2D eigenvalue weighted by Gasteiger charge is 2.25. The van der Waals surface area contributed by atoms with Crippen molar-refractivity contribution in [2.24, 2.45) is 11.7 Å². The number of carbonyl (C=O) groups excluding carboxylic acids is 2. The van der Waals surface area contributed by atoms with Crippen LogP contribution in [0, 0.1) is 11.7 Å². The van der Waals surface area contributed by atoms with E-state index in [1.807, 2.05) is 0 Å². The van der Waals surface area contributed by atoms with Crippen LogP contribution in [0.15, 0.2) is 18.2 Å². The lowest BCUT2D eigenvalue weighted by Gasteiger charge is -2.21. The Hall–Kier alpha value is -2.64. The summed E-state index contributed by atoms with van der Waals surface area (Å²) in [7, 11) is 0. The number of amides is 3. The molecule has 0 aliphatic carbocycles. The number of hydrogen-bond donors (Lipinski definition) is 4. The van der Waals surface area contributed by atoms with Crippen molar-refractivity contribution in [3.8, 4) is 0 Å². The minimum absolute atomic E-state index is 0.190. The van der Waals surface area contributed by atoms with Gasteiger partial charge in [0, 0.05) is 0 Å². The second kappa shape index (κ2) is 6.69. The molecule has 0 radical (unpaired) electrons. The van der Waals surface area contributed by atoms with Crippen molar-refractivity contribution in [2.75, 3.05) is 5.32 Å². The summed E-state index contributed by atoms with van der Waals surface area (Å²) in [6, 6.07) is 1.05. The van der Waals surface area contributed by atoms with E-state index in [-0.39, 0.29) is 17.2 Å². The summed E-state index contributed by atoms with van der Waals surface area (Å²) in [6.45, 7) is 3.34. The zero-order valence-electron chi connectivity index (χ0n) is 11.5. The lowest BCUT2D eigenvalue weighted by molar-refractivity contribution is -0.118. The van der Waals surface area contributed by atoms with Gasteiger partial charge in [-0.15, -0.1) is 0 Å². The molecule has 0 fully saturated rings. The van der Waals surface area contributed by atoms with Gasteiger partial charge in [-0.05, 0) is 24.1 Å². The Morgan fingerprint density at radius 3 is 2.38 bits per heavy atom. The Morgan fingerprint density at radius 2 is 1.90 bits per heavy atom. The number of nitrogens with one attached hydrogen (secondary N) is 2. The Bertz CT molecular complexity index is 575. The highest BCUT2D eigenvalue weighted by Crippen LogP contribution is 2.18. The first-order valence-corrected chi connectivity index (χ1v) is 6.12. The maximum Gasteiger partial charge on any atom is 0.337 e. The third-order valence-corrected chi connectivity index (χ3v) is 2.72. The molecule has 0 aliphatic rings. The van der Waals surface area contributed by atoms with Crippen molar-refractivity contribution >= 4 is 23.6 Å². The fourth-order valence-electron chi connectivity index (χ4n) is 1.71. The Balaban J connectivity index is 3.03. The maximum atomic E-state index is 13.2. The van der Waals surface area contributed by atoms with Crippen molar-refractivity contribution in [1.29, 1.82) is 0 Å². The van der Waals surface area contributed by atoms with Gasteiger partial charge in [0.15, 0.2) is 0 Å². The van der Waals surface area contributed by atoms with Crippen LogP contribution in [-0.2, 0) is 4.79 Å². The molecular weight excluding hydrogens is 281 g/mol. The smallest absolute Gasteiger partial charge is 0.337 e. The minimum atomic E-state index is -1.31. The summed E-state index contributed by atoms with van der Waals surface area (Å²) in [4.78, 5) is 34.0. The van der Waals surface area contributed by atoms with E-state index in [9.17, 15) is 18.8 Å². The van der Waals surface area contributed by atoms with Gasteiger partial charge in [0.25, 0.3) is 0 Å². The largest absolute Gasteiger partial charge is 0.478 e. The first-order chi connectivity index (χ1) is 9.72. The first kappa shape index (κ1) is 16.4. The Morgan fingerprint density at radius 1 is 1.29 bits per heavy atom. The van der Waals surface area contributed by atoms with Gasteiger partial charge in [-0.25, -0.2) is 14.0 Å². The average Bonchev–Trinajstić information content (AvgIpc) is 2.34. The molecule has 8 heteroatoms. The zero-order chi connectivity index (χ0) is 16.2. The average molecular weight is 297 g/mol. The molecule has 114 valence electrons. The molecular formula is C13H16FN3O4. The number of carbonyl (C=O) groups is 3. The van der Waals surface area contributed by atoms with Crippen LogP contribution in [0.1, 0.15) is 24.2 Å². The monoisotopic (exact) mass is 297 g/mol. The number of anilines is 1. The van der Waals surface area contributed by atoms with Crippen LogP contribution in [0.4, 0.5) is 14.9 Å². The predicted octanol–water partition coefficient (Wildman–Crippen LogP) is 1.16. The van der Waals surface area contributed by atoms with Crippen molar-refractivity contribution in [2.45, 2.75) is 19.9 Å². The van der Waals surface area contributed by atoms with Gasteiger partial charge in [-0.2, -0.15) is 0 Å². The highest BCUT2D eigenvalue weighted by atomic mass is 19.1. The molecule has 1 aromatic rings. The predicted molar refractivity (Wildman–Crippen MR) is 73.3 cm³/mol. The number of benzene rings is 1. The molecule has 0 spiro atoms. The molecule has 0 bridgehead atoms. The lowest BCUT2D eigenvalue weighted by Crippen LogP contribution is -2.49. The van der Waals surface area contributed by atoms with E-state index in [2.05, 4.69) is 10.6 Å². The summed E-state index contributed by atoms with van der Waals surface area (Å²) in [5.74, 6) is -2.98. The van der Waals surface area contributed by atoms with Gasteiger partial charge in [-0.1, -0.05) is 13.8 Å². The van der Waals surface area contributed by atoms with Crippen LogP contribution >= 0.6 is 0 Å². The molecule has 7 nitrogen and oxygen atoms in total. The van der Waals surface area contributed by atoms with Gasteiger partial charge in [-0.3, -0.25) is 4.79 Å². The number of hydrogen-bond acceptors (Lipinski definition) is 3. The summed E-state index contributed by atoms with van der Waals surface area (Å²) in [5, 5.41) is 13.5. The first-order valence-electron chi connectivity index (χ1n) is 6.12. The molecule has 1 rings (SSSR count). The molecule has 3 amide bonds. The van der Waals surface area contributed by atoms with Gasteiger partial charge in [0.2, 0.25) is 5.91 Å². The highest BCUT2D eigenvalue weighted by molar-refractivity contribution is 6.03. The topological polar surface area (TPSA) is 122 Å². The summed E-state index contributed by atoms with van der Waals surface area (Å²) < 4.78 is 13.2. The number of aromatic carboxylic acids is 1. The number of rotatable bonds is 5. The molecule has 0 aliphatic heterocycles. The van der Waals surface area contributed by atoms with Gasteiger partial charge in [0.05, 0.1) is 11.3 Å². The number of nitrogens with two attached hydrogens (primary N) is 1. The standard InChI is InChI=1S/C13H16FN3O4/c1-6(2)10(17-13(15)21)11(18)16-9-5-7(14)3-4-8(9)12(19)20/h3-6,10H,1-2H3,(H,16,18)(H,19,20)(H3,15,17,21). The van der Waals surface area contributed by atoms with Crippen molar-refractivity contribution < 1.29 is 23.9 Å². The van der Waals surface area contributed by atoms with Crippen LogP contribution in [0.5, 0.6) is 0 Å². The van der Waals surface area contributed by atoms with E-state index in [0.717, 1.165) is 18.2 Å². The SMILES string of the molecule is CC(C)C(NC(N)=O)C(=O)Nc1cc(F)ccc1C(=O)O. The third-order valence-electron chi connectivity index (χ3n) is 2.72. The third kappa shape index (κ3) is 4.44. The van der Waals surface area contributed by atoms with Crippen LogP contribution < -0.4 is 16.4 Å². The van der Waals surface area contributed by atoms with Crippen LogP contribution in [0.25, 0.3) is 0 Å². The second-order valence-corrected chi connectivity index (χ2v) is 4.71. The second-order valence-electron chi connectivity index (χ2n) is 4.71. The minimum Gasteiger partial charge on any atom is -0.478 e. The molecule has 5 N–H and O–H groups in total. The molecule has 0 saturated carbocycles. The van der Waals surface area contributed by atoms with Crippen molar-refractivity contribution in [1.82, 2.24) is 5.32 Å². The van der Waals surface area contributed by atoms with E-state index in [1.54, 1.807) is 13.8 Å². The lowest BCUT2D eigenvalue weighted by atomic mass is 10.0. The van der Waals surface area contributed by atoms with Gasteiger partial charge in [0.1, 0.15) is 11.9 Å². The van der Waals surface area contributed by atoms with Crippen molar-refractivity contribution in [3.63, 3.8) is 0 Å². The van der Waals surface area contributed by atoms with Crippen molar-refractivity contribution in [3.05, 3.63) is 29.6 Å². The molecule has 1 unspecified atom stereocenters. The number of urea groups is 1. The molecule has 21 heavy (non-hydrogen) atoms. The number of primary amides is 1. The van der Waals surface area contributed by atoms with E-state index < -0.39 is 29.8 Å². The summed E-state index contributed by atoms with van der Waals surface area (Å²) >= 11 is 0. The maximum absolute atomic E-state index is 13.2. The van der Waals surface area contributed by atoms with E-state index in [4.69, 9.17) is 10.8 Å². The number of carboxylic acids is 1. The van der Waals surface area contributed by atoms with Crippen LogP contribution in [0.3, 0.4) is 0 Å². The summed E-state index contributed by atoms with van der Waals surface area (Å²) in [6.07, 6.45) is 0. The van der Waals surface area contributed by atoms with Crippen LogP contribution in [-0.4, -0.2) is 29.1 Å². The molecule has 0 saturated heterocycles. The molecule has 0 aromatic heterocycles. The van der Waals surface area contributed by atoms with E-state index in [0.29, 0.717) is 0 Å². The number of carboxylic acid groups (broad SMARTS) is 1. The Kier molecular flexibility index (Phi) is 5.23. The van der Waals surface area contributed by atoms with Crippen LogP contribution in [0.2, 0.25) is 0 Å². The normalized spacial score (nSPS) is 11.8. The molecule has 1 aromatic carbocycles. The van der Waals surface area contributed by atoms with Gasteiger partial charge >= 0.3 is 12.0 Å². The van der Waals surface area contributed by atoms with E-state index in [1.165, 1.54) is 0 Å². The quantitative estimate of drug-likeness (QED) is 0.651. The number of halogens is 1. The molecule has 1 atom stereocenters. The Labute approximate surface area is 120 Å². The fourth-order valence-corrected chi connectivity index (χ4v) is 1.71.